The van der Waals surface area contributed by atoms with E-state index >= 15 is 0 Å². The molecule has 4 rings (SSSR count). The van der Waals surface area contributed by atoms with Crippen LogP contribution >= 0.6 is 0 Å². The highest BCUT2D eigenvalue weighted by Gasteiger charge is 2.23. The summed E-state index contributed by atoms with van der Waals surface area (Å²) in [4.78, 5) is 29.4. The predicted molar refractivity (Wildman–Crippen MR) is 106 cm³/mol. The number of nitrogens with zero attached hydrogens (tertiary/aromatic N) is 2. The average Bonchev–Trinajstić information content (AvgIpc) is 3.02. The summed E-state index contributed by atoms with van der Waals surface area (Å²) in [6.45, 7) is 2.66. The zero-order valence-corrected chi connectivity index (χ0v) is 15.7. The summed E-state index contributed by atoms with van der Waals surface area (Å²) < 4.78 is 0. The maximum absolute atomic E-state index is 12.9. The lowest BCUT2D eigenvalue weighted by molar-refractivity contribution is -0.130. The van der Waals surface area contributed by atoms with Crippen LogP contribution in [-0.2, 0) is 24.1 Å². The smallest absolute Gasteiger partial charge is 0.253 e. The Balaban J connectivity index is 1.38. The first-order valence-corrected chi connectivity index (χ1v) is 9.93. The van der Waals surface area contributed by atoms with E-state index in [4.69, 9.17) is 0 Å². The van der Waals surface area contributed by atoms with Gasteiger partial charge >= 0.3 is 0 Å². The number of amides is 2. The van der Waals surface area contributed by atoms with E-state index in [-0.39, 0.29) is 11.8 Å². The Hall–Kier alpha value is -2.62. The number of carbonyl (C=O) groups excluding carboxylic acids is 2. The highest BCUT2D eigenvalue weighted by Crippen LogP contribution is 2.23. The minimum atomic E-state index is 0.0991. The van der Waals surface area contributed by atoms with E-state index < -0.39 is 0 Å². The van der Waals surface area contributed by atoms with Gasteiger partial charge in [0.2, 0.25) is 5.91 Å². The van der Waals surface area contributed by atoms with Crippen LogP contribution in [0, 0.1) is 0 Å². The van der Waals surface area contributed by atoms with Gasteiger partial charge < -0.3 is 9.80 Å². The molecule has 0 spiro atoms. The first kappa shape index (κ1) is 17.8. The van der Waals surface area contributed by atoms with E-state index in [2.05, 4.69) is 12.1 Å². The topological polar surface area (TPSA) is 40.6 Å². The molecule has 2 aromatic rings. The molecule has 1 aliphatic carbocycles. The fourth-order valence-corrected chi connectivity index (χ4v) is 4.14. The van der Waals surface area contributed by atoms with Crippen molar-refractivity contribution in [1.29, 1.82) is 0 Å². The van der Waals surface area contributed by atoms with Gasteiger partial charge in [-0.1, -0.05) is 36.4 Å². The van der Waals surface area contributed by atoms with Gasteiger partial charge in [0.05, 0.1) is 6.42 Å². The standard InChI is InChI=1S/C23H26N2O2/c26-22(16-18-6-2-1-3-7-18)24-12-5-13-25(15-14-24)23(27)21-11-10-19-8-4-9-20(19)17-21/h1-3,6-7,10-11,17H,4-5,8-9,12-16H2. The van der Waals surface area contributed by atoms with Crippen molar-refractivity contribution in [3.8, 4) is 0 Å². The Morgan fingerprint density at radius 3 is 2.37 bits per heavy atom. The molecule has 0 bridgehead atoms. The summed E-state index contributed by atoms with van der Waals surface area (Å²) in [6, 6.07) is 16.0. The van der Waals surface area contributed by atoms with Crippen LogP contribution in [0.25, 0.3) is 0 Å². The van der Waals surface area contributed by atoms with Gasteiger partial charge in [-0.2, -0.15) is 0 Å². The Bertz CT molecular complexity index is 832. The Morgan fingerprint density at radius 1 is 0.778 bits per heavy atom. The van der Waals surface area contributed by atoms with Crippen molar-refractivity contribution in [1.82, 2.24) is 9.80 Å². The molecule has 0 radical (unpaired) electrons. The molecule has 0 N–H and O–H groups in total. The van der Waals surface area contributed by atoms with E-state index in [1.165, 1.54) is 17.5 Å². The molecule has 140 valence electrons. The summed E-state index contributed by atoms with van der Waals surface area (Å²) in [5.74, 6) is 0.245. The number of hydrogen-bond acceptors (Lipinski definition) is 2. The molecule has 0 saturated carbocycles. The molecule has 4 nitrogen and oxygen atoms in total. The van der Waals surface area contributed by atoms with E-state index in [0.29, 0.717) is 26.1 Å². The molecule has 2 amide bonds. The largest absolute Gasteiger partial charge is 0.341 e. The Labute approximate surface area is 160 Å². The van der Waals surface area contributed by atoms with Crippen LogP contribution in [0.2, 0.25) is 0 Å². The van der Waals surface area contributed by atoms with Crippen LogP contribution < -0.4 is 0 Å². The highest BCUT2D eigenvalue weighted by atomic mass is 16.2. The molecule has 27 heavy (non-hydrogen) atoms. The first-order chi connectivity index (χ1) is 13.2. The van der Waals surface area contributed by atoms with Gasteiger partial charge in [-0.25, -0.2) is 0 Å². The molecule has 1 fully saturated rings. The lowest BCUT2D eigenvalue weighted by Crippen LogP contribution is -2.38. The fraction of sp³-hybridized carbons (Fsp3) is 0.391. The minimum absolute atomic E-state index is 0.0991. The summed E-state index contributed by atoms with van der Waals surface area (Å²) in [5, 5.41) is 0. The Morgan fingerprint density at radius 2 is 1.52 bits per heavy atom. The van der Waals surface area contributed by atoms with Crippen molar-refractivity contribution in [2.24, 2.45) is 0 Å². The lowest BCUT2D eigenvalue weighted by Gasteiger charge is -2.22. The second-order valence-corrected chi connectivity index (χ2v) is 7.53. The molecule has 1 saturated heterocycles. The maximum Gasteiger partial charge on any atom is 0.253 e. The predicted octanol–water partition coefficient (Wildman–Crippen LogP) is 3.09. The quantitative estimate of drug-likeness (QED) is 0.842. The van der Waals surface area contributed by atoms with Crippen molar-refractivity contribution in [3.63, 3.8) is 0 Å². The van der Waals surface area contributed by atoms with Gasteiger partial charge in [-0.15, -0.1) is 0 Å². The SMILES string of the molecule is O=C(Cc1ccccc1)N1CCCN(C(=O)c2ccc3c(c2)CCC3)CC1. The monoisotopic (exact) mass is 362 g/mol. The maximum atomic E-state index is 12.9. The second-order valence-electron chi connectivity index (χ2n) is 7.53. The van der Waals surface area contributed by atoms with Crippen LogP contribution in [0.5, 0.6) is 0 Å². The zero-order chi connectivity index (χ0) is 18.6. The molecule has 2 aromatic carbocycles. The third-order valence-corrected chi connectivity index (χ3v) is 5.68. The molecule has 1 aliphatic heterocycles. The lowest BCUT2D eigenvalue weighted by atomic mass is 10.1. The average molecular weight is 362 g/mol. The third-order valence-electron chi connectivity index (χ3n) is 5.68. The fourth-order valence-electron chi connectivity index (χ4n) is 4.14. The molecule has 1 heterocycles. The third kappa shape index (κ3) is 4.05. The van der Waals surface area contributed by atoms with Gasteiger partial charge in [-0.05, 0) is 54.5 Å². The molecule has 0 atom stereocenters. The van der Waals surface area contributed by atoms with Crippen molar-refractivity contribution in [2.75, 3.05) is 26.2 Å². The van der Waals surface area contributed by atoms with Gasteiger partial charge in [0.15, 0.2) is 0 Å². The van der Waals surface area contributed by atoms with E-state index in [0.717, 1.165) is 36.9 Å². The number of benzene rings is 2. The summed E-state index contributed by atoms with van der Waals surface area (Å²) >= 11 is 0. The van der Waals surface area contributed by atoms with E-state index in [9.17, 15) is 9.59 Å². The van der Waals surface area contributed by atoms with Crippen molar-refractivity contribution >= 4 is 11.8 Å². The number of fused-ring (bicyclic) bond motifs is 1. The van der Waals surface area contributed by atoms with Crippen LogP contribution in [-0.4, -0.2) is 47.8 Å². The highest BCUT2D eigenvalue weighted by molar-refractivity contribution is 5.94. The van der Waals surface area contributed by atoms with E-state index in [1.54, 1.807) is 0 Å². The van der Waals surface area contributed by atoms with Crippen molar-refractivity contribution < 1.29 is 9.59 Å². The van der Waals surface area contributed by atoms with Crippen molar-refractivity contribution in [3.05, 3.63) is 70.8 Å². The molecule has 0 aromatic heterocycles. The van der Waals surface area contributed by atoms with Crippen LogP contribution in [0.3, 0.4) is 0 Å². The Kier molecular flexibility index (Phi) is 5.23. The number of aryl methyl sites for hydroxylation is 2. The molecule has 2 aliphatic rings. The van der Waals surface area contributed by atoms with Crippen LogP contribution in [0.15, 0.2) is 48.5 Å². The minimum Gasteiger partial charge on any atom is -0.341 e. The summed E-state index contributed by atoms with van der Waals surface area (Å²) in [7, 11) is 0. The molecular formula is C23H26N2O2. The van der Waals surface area contributed by atoms with Gasteiger partial charge in [-0.3, -0.25) is 9.59 Å². The van der Waals surface area contributed by atoms with Gasteiger partial charge in [0.25, 0.3) is 5.91 Å². The van der Waals surface area contributed by atoms with E-state index in [1.807, 2.05) is 46.2 Å². The number of carbonyl (C=O) groups is 2. The second kappa shape index (κ2) is 7.95. The summed E-state index contributed by atoms with van der Waals surface area (Å²) in [5.41, 5.74) is 4.55. The van der Waals surface area contributed by atoms with Gasteiger partial charge in [0.1, 0.15) is 0 Å². The molecular weight excluding hydrogens is 336 g/mol. The first-order valence-electron chi connectivity index (χ1n) is 9.93. The van der Waals surface area contributed by atoms with Gasteiger partial charge in [0, 0.05) is 31.7 Å². The zero-order valence-electron chi connectivity index (χ0n) is 15.7. The van der Waals surface area contributed by atoms with Crippen LogP contribution in [0.1, 0.15) is 39.9 Å². The molecule has 0 unspecified atom stereocenters. The molecule has 4 heteroatoms. The van der Waals surface area contributed by atoms with Crippen molar-refractivity contribution in [2.45, 2.75) is 32.1 Å². The normalized spacial score (nSPS) is 16.7. The summed E-state index contributed by atoms with van der Waals surface area (Å²) in [6.07, 6.45) is 4.66. The number of hydrogen-bond donors (Lipinski definition) is 0. The number of rotatable bonds is 3. The van der Waals surface area contributed by atoms with Crippen LogP contribution in [0.4, 0.5) is 0 Å².